The fraction of sp³-hybridized carbons (Fsp3) is 0.0909. The summed E-state index contributed by atoms with van der Waals surface area (Å²) in [6, 6.07) is 7.11. The Hall–Kier alpha value is 0.440. The van der Waals surface area contributed by atoms with Gasteiger partial charge in [-0.1, -0.05) is 12.1 Å². The Labute approximate surface area is 181 Å². The first-order valence-corrected chi connectivity index (χ1v) is 7.58. The normalized spacial score (nSPS) is 11.3. The number of hydrogen-bond acceptors (Lipinski definition) is 9. The molecule has 0 saturated carbocycles. The van der Waals surface area contributed by atoms with Gasteiger partial charge in [-0.05, 0) is 23.6 Å². The van der Waals surface area contributed by atoms with Crippen LogP contribution in [0.3, 0.4) is 0 Å². The number of rotatable bonds is 5. The van der Waals surface area contributed by atoms with Crippen LogP contribution in [-0.2, 0) is 19.5 Å². The quantitative estimate of drug-likeness (QED) is 0.130. The van der Waals surface area contributed by atoms with E-state index >= 15 is 0 Å². The molecule has 0 atom stereocenters. The number of fused-ring (bicyclic) bond motifs is 1. The summed E-state index contributed by atoms with van der Waals surface area (Å²) in [4.78, 5) is -0.0331. The SMILES string of the molecule is CN=Nc1cc(SOO[O-])c2cccc(S(=O)(=O)[O-])c2c1.[Na+].[Na+]. The molecule has 0 fully saturated rings. The molecule has 0 N–H and O–H groups in total. The van der Waals surface area contributed by atoms with Crippen molar-refractivity contribution in [1.82, 2.24) is 0 Å². The monoisotopic (exact) mass is 374 g/mol. The first-order valence-electron chi connectivity index (χ1n) is 5.43. The van der Waals surface area contributed by atoms with Gasteiger partial charge in [-0.25, -0.2) is 8.42 Å². The molecule has 2 rings (SSSR count). The molecule has 2 aromatic rings. The van der Waals surface area contributed by atoms with Crippen LogP contribution in [0.2, 0.25) is 0 Å². The number of azo groups is 1. The zero-order valence-corrected chi connectivity index (χ0v) is 18.2. The van der Waals surface area contributed by atoms with Crippen molar-refractivity contribution >= 4 is 38.6 Å². The number of benzene rings is 2. The molecule has 23 heavy (non-hydrogen) atoms. The van der Waals surface area contributed by atoms with Crippen LogP contribution < -0.4 is 64.4 Å². The van der Waals surface area contributed by atoms with Gasteiger partial charge in [-0.15, -0.1) is 0 Å². The largest absolute Gasteiger partial charge is 1.00 e. The Morgan fingerprint density at radius 3 is 2.43 bits per heavy atom. The molecule has 0 saturated heterocycles. The van der Waals surface area contributed by atoms with Crippen LogP contribution in [0.4, 0.5) is 5.69 Å². The first-order chi connectivity index (χ1) is 9.97. The average Bonchev–Trinajstić information content (AvgIpc) is 2.43. The first kappa shape index (κ1) is 23.4. The topological polar surface area (TPSA) is 123 Å². The molecular formula is C11H8N2Na2O6S2. The summed E-state index contributed by atoms with van der Waals surface area (Å²) in [6.45, 7) is 0. The van der Waals surface area contributed by atoms with Gasteiger partial charge in [0.25, 0.3) is 0 Å². The third kappa shape index (κ3) is 6.03. The number of nitrogens with zero attached hydrogens (tertiary/aromatic N) is 2. The van der Waals surface area contributed by atoms with E-state index in [0.29, 0.717) is 28.0 Å². The van der Waals surface area contributed by atoms with Crippen LogP contribution >= 0.6 is 12.0 Å². The van der Waals surface area contributed by atoms with Gasteiger partial charge in [0.05, 0.1) is 22.6 Å². The zero-order valence-electron chi connectivity index (χ0n) is 12.5. The molecule has 0 amide bonds. The Morgan fingerprint density at radius 1 is 1.17 bits per heavy atom. The van der Waals surface area contributed by atoms with Crippen molar-refractivity contribution in [2.45, 2.75) is 9.79 Å². The summed E-state index contributed by atoms with van der Waals surface area (Å²) in [6.07, 6.45) is 0. The predicted octanol–water partition coefficient (Wildman–Crippen LogP) is -4.30. The molecule has 0 heterocycles. The smallest absolute Gasteiger partial charge is 0.744 e. The maximum Gasteiger partial charge on any atom is 1.00 e. The molecule has 0 unspecified atom stereocenters. The molecular weight excluding hydrogens is 366 g/mol. The Balaban J connectivity index is 0.00000242. The van der Waals surface area contributed by atoms with E-state index in [-0.39, 0.29) is 64.5 Å². The van der Waals surface area contributed by atoms with Crippen molar-refractivity contribution in [2.75, 3.05) is 7.05 Å². The van der Waals surface area contributed by atoms with Crippen LogP contribution in [0, 0.1) is 0 Å². The van der Waals surface area contributed by atoms with Crippen LogP contribution in [-0.4, -0.2) is 20.0 Å². The molecule has 0 aliphatic carbocycles. The van der Waals surface area contributed by atoms with E-state index in [9.17, 15) is 18.2 Å². The van der Waals surface area contributed by atoms with Gasteiger partial charge < -0.3 is 9.81 Å². The Morgan fingerprint density at radius 2 is 1.87 bits per heavy atom. The fourth-order valence-corrected chi connectivity index (χ4v) is 3.04. The molecule has 12 heteroatoms. The molecule has 0 aromatic heterocycles. The van der Waals surface area contributed by atoms with Crippen LogP contribution in [0.5, 0.6) is 0 Å². The molecule has 8 nitrogen and oxygen atoms in total. The zero-order chi connectivity index (χ0) is 15.5. The summed E-state index contributed by atoms with van der Waals surface area (Å²) in [7, 11) is -3.23. The van der Waals surface area contributed by atoms with E-state index in [1.54, 1.807) is 6.07 Å². The van der Waals surface area contributed by atoms with Gasteiger partial charge in [0.2, 0.25) is 0 Å². The van der Waals surface area contributed by atoms with Crippen LogP contribution in [0.1, 0.15) is 0 Å². The van der Waals surface area contributed by atoms with Crippen LogP contribution in [0.15, 0.2) is 50.4 Å². The Bertz CT molecular complexity index is 800. The maximum absolute atomic E-state index is 11.3. The van der Waals surface area contributed by atoms with Crippen molar-refractivity contribution in [3.8, 4) is 0 Å². The predicted molar refractivity (Wildman–Crippen MR) is 70.4 cm³/mol. The maximum atomic E-state index is 11.3. The summed E-state index contributed by atoms with van der Waals surface area (Å²) in [5.74, 6) is 0. The van der Waals surface area contributed by atoms with E-state index in [4.69, 9.17) is 0 Å². The van der Waals surface area contributed by atoms with Gasteiger partial charge >= 0.3 is 59.1 Å². The Kier molecular flexibility index (Phi) is 10.6. The number of hydrogen-bond donors (Lipinski definition) is 0. The summed E-state index contributed by atoms with van der Waals surface area (Å²) >= 11 is 0.576. The molecule has 0 aliphatic rings. The van der Waals surface area contributed by atoms with Crippen molar-refractivity contribution < 1.29 is 86.7 Å². The van der Waals surface area contributed by atoms with Crippen molar-refractivity contribution in [3.63, 3.8) is 0 Å². The third-order valence-corrected chi connectivity index (χ3v) is 4.07. The van der Waals surface area contributed by atoms with Crippen molar-refractivity contribution in [1.29, 1.82) is 0 Å². The van der Waals surface area contributed by atoms with Gasteiger partial charge in [0.1, 0.15) is 10.1 Å². The van der Waals surface area contributed by atoms with Gasteiger partial charge in [0, 0.05) is 17.3 Å². The molecule has 112 valence electrons. The molecule has 2 aromatic carbocycles. The fourth-order valence-electron chi connectivity index (χ4n) is 1.82. The van der Waals surface area contributed by atoms with E-state index in [0.717, 1.165) is 0 Å². The summed E-state index contributed by atoms with van der Waals surface area (Å²) in [5.41, 5.74) is 0.304. The molecule has 0 aliphatic heterocycles. The summed E-state index contributed by atoms with van der Waals surface area (Å²) < 4.78 is 38.2. The van der Waals surface area contributed by atoms with E-state index in [1.807, 2.05) is 0 Å². The second-order valence-corrected chi connectivity index (χ2v) is 5.86. The minimum absolute atomic E-state index is 0. The van der Waals surface area contributed by atoms with Gasteiger partial charge in [-0.2, -0.15) is 14.6 Å². The minimum atomic E-state index is -4.66. The average molecular weight is 374 g/mol. The van der Waals surface area contributed by atoms with Gasteiger partial charge in [0.15, 0.2) is 0 Å². The van der Waals surface area contributed by atoms with Crippen LogP contribution in [0.25, 0.3) is 10.8 Å². The molecule has 0 spiro atoms. The summed E-state index contributed by atoms with van der Waals surface area (Å²) in [5, 5.41) is 21.2. The van der Waals surface area contributed by atoms with E-state index in [1.165, 1.54) is 31.3 Å². The standard InChI is InChI=1S/C11H10N2O6S2.2Na/c1-12-13-7-5-9-8(10(6-7)20-19-18-14)3-2-4-11(9)21(15,16)17;;/h2-6,14H,1H3,(H,15,16,17);;/q;2*+1/p-2. The second kappa shape index (κ2) is 10.4. The molecule has 0 bridgehead atoms. The van der Waals surface area contributed by atoms with Crippen molar-refractivity contribution in [2.24, 2.45) is 10.2 Å². The van der Waals surface area contributed by atoms with Gasteiger partial charge in [-0.3, -0.25) is 5.04 Å². The van der Waals surface area contributed by atoms with E-state index in [2.05, 4.69) is 19.6 Å². The molecule has 0 radical (unpaired) electrons. The minimum Gasteiger partial charge on any atom is -0.744 e. The second-order valence-electron chi connectivity index (χ2n) is 3.77. The van der Waals surface area contributed by atoms with E-state index < -0.39 is 15.0 Å². The third-order valence-electron chi connectivity index (χ3n) is 2.54. The van der Waals surface area contributed by atoms with Crippen molar-refractivity contribution in [3.05, 3.63) is 30.3 Å².